The predicted octanol–water partition coefficient (Wildman–Crippen LogP) is 4.99. The number of hydrogen-bond acceptors (Lipinski definition) is 5. The van der Waals surface area contributed by atoms with Gasteiger partial charge in [-0.25, -0.2) is 0 Å². The van der Waals surface area contributed by atoms with Gasteiger partial charge in [-0.1, -0.05) is 0 Å². The Morgan fingerprint density at radius 2 is 1.79 bits per heavy atom. The maximum absolute atomic E-state index is 11.4. The third-order valence-corrected chi connectivity index (χ3v) is 3.95. The Hall–Kier alpha value is -2.60. The van der Waals surface area contributed by atoms with Gasteiger partial charge in [-0.05, 0) is 39.0 Å². The first-order valence-corrected chi connectivity index (χ1v) is 7.74. The first kappa shape index (κ1) is 16.3. The van der Waals surface area contributed by atoms with Crippen LogP contribution < -0.4 is 4.74 Å². The number of nitro benzene ring substituents is 1. The number of nitro groups is 1. The summed E-state index contributed by atoms with van der Waals surface area (Å²) in [5.74, 6) is 0.705. The number of hydrogen-bond donors (Lipinski definition) is 0. The molecule has 24 heavy (non-hydrogen) atoms. The van der Waals surface area contributed by atoms with Crippen molar-refractivity contribution >= 4 is 27.6 Å². The molecule has 1 aromatic heterocycles. The van der Waals surface area contributed by atoms with Crippen LogP contribution in [0.25, 0.3) is 21.9 Å². The average molecular weight is 329 g/mol. The maximum atomic E-state index is 11.4. The number of ether oxygens (including phenoxy) is 2. The Kier molecular flexibility index (Phi) is 4.15. The van der Waals surface area contributed by atoms with E-state index in [2.05, 4.69) is 0 Å². The third kappa shape index (κ3) is 2.80. The number of fused-ring (bicyclic) bond motifs is 3. The second-order valence-electron chi connectivity index (χ2n) is 5.97. The van der Waals surface area contributed by atoms with Gasteiger partial charge >= 0.3 is 0 Å². The molecule has 2 aromatic carbocycles. The van der Waals surface area contributed by atoms with Crippen LogP contribution in [0.5, 0.6) is 5.75 Å². The normalized spacial score (nSPS) is 12.9. The fourth-order valence-electron chi connectivity index (χ4n) is 2.76. The zero-order valence-corrected chi connectivity index (χ0v) is 14.0. The number of methoxy groups -OCH3 is 1. The summed E-state index contributed by atoms with van der Waals surface area (Å²) in [6.45, 7) is 5.68. The van der Waals surface area contributed by atoms with E-state index in [4.69, 9.17) is 13.9 Å². The van der Waals surface area contributed by atoms with Gasteiger partial charge in [0.2, 0.25) is 0 Å². The van der Waals surface area contributed by atoms with E-state index in [0.29, 0.717) is 22.5 Å². The molecule has 0 saturated heterocycles. The quantitative estimate of drug-likeness (QED) is 0.487. The molecule has 1 unspecified atom stereocenters. The average Bonchev–Trinajstić information content (AvgIpc) is 2.88. The largest absolute Gasteiger partial charge is 0.491 e. The van der Waals surface area contributed by atoms with Crippen LogP contribution in [0.1, 0.15) is 32.4 Å². The first-order valence-electron chi connectivity index (χ1n) is 7.74. The third-order valence-electron chi connectivity index (χ3n) is 3.95. The Bertz CT molecular complexity index is 913. The lowest BCUT2D eigenvalue weighted by atomic mass is 10.0. The highest BCUT2D eigenvalue weighted by Crippen LogP contribution is 2.37. The van der Waals surface area contributed by atoms with Gasteiger partial charge < -0.3 is 13.9 Å². The van der Waals surface area contributed by atoms with Crippen molar-refractivity contribution in [2.75, 3.05) is 7.11 Å². The first-order chi connectivity index (χ1) is 11.4. The van der Waals surface area contributed by atoms with E-state index in [0.717, 1.165) is 10.8 Å². The highest BCUT2D eigenvalue weighted by molar-refractivity contribution is 6.06. The van der Waals surface area contributed by atoms with Crippen LogP contribution >= 0.6 is 0 Å². The van der Waals surface area contributed by atoms with Gasteiger partial charge in [-0.15, -0.1) is 0 Å². The van der Waals surface area contributed by atoms with Crippen LogP contribution in [0.3, 0.4) is 0 Å². The van der Waals surface area contributed by atoms with Gasteiger partial charge in [0, 0.05) is 23.9 Å². The molecule has 3 aromatic rings. The summed E-state index contributed by atoms with van der Waals surface area (Å²) in [5.41, 5.74) is 1.64. The molecule has 0 aliphatic heterocycles. The smallest absolute Gasteiger partial charge is 0.278 e. The van der Waals surface area contributed by atoms with E-state index < -0.39 is 4.92 Å². The number of rotatable bonds is 5. The van der Waals surface area contributed by atoms with Gasteiger partial charge in [0.1, 0.15) is 16.9 Å². The van der Waals surface area contributed by atoms with E-state index in [9.17, 15) is 10.1 Å². The van der Waals surface area contributed by atoms with Crippen molar-refractivity contribution in [2.24, 2.45) is 0 Å². The zero-order chi connectivity index (χ0) is 17.4. The fraction of sp³-hybridized carbons (Fsp3) is 0.333. The standard InChI is InChI=1S/C18H19NO5/c1-10(2)23-12-5-6-13-15-8-14(11(3)22-4)16(19(20)21)9-18(15)24-17(13)7-12/h5-11H,1-4H3. The summed E-state index contributed by atoms with van der Waals surface area (Å²) < 4.78 is 16.8. The predicted molar refractivity (Wildman–Crippen MR) is 91.6 cm³/mol. The van der Waals surface area contributed by atoms with E-state index in [1.165, 1.54) is 13.2 Å². The van der Waals surface area contributed by atoms with Gasteiger partial charge in [0.05, 0.1) is 28.8 Å². The molecule has 6 nitrogen and oxygen atoms in total. The highest BCUT2D eigenvalue weighted by Gasteiger charge is 2.22. The summed E-state index contributed by atoms with van der Waals surface area (Å²) in [4.78, 5) is 11.0. The Morgan fingerprint density at radius 1 is 1.08 bits per heavy atom. The molecule has 0 N–H and O–H groups in total. The van der Waals surface area contributed by atoms with Gasteiger partial charge in [0.15, 0.2) is 0 Å². The lowest BCUT2D eigenvalue weighted by molar-refractivity contribution is -0.386. The molecule has 0 bridgehead atoms. The Morgan fingerprint density at radius 3 is 2.42 bits per heavy atom. The second-order valence-corrected chi connectivity index (χ2v) is 5.97. The van der Waals surface area contributed by atoms with Crippen molar-refractivity contribution in [3.63, 3.8) is 0 Å². The molecular formula is C18H19NO5. The van der Waals surface area contributed by atoms with Crippen molar-refractivity contribution < 1.29 is 18.8 Å². The zero-order valence-electron chi connectivity index (χ0n) is 14.0. The minimum Gasteiger partial charge on any atom is -0.491 e. The minimum absolute atomic E-state index is 0.00504. The van der Waals surface area contributed by atoms with Crippen LogP contribution in [0, 0.1) is 10.1 Å². The van der Waals surface area contributed by atoms with Crippen LogP contribution in [-0.4, -0.2) is 18.1 Å². The molecular weight excluding hydrogens is 310 g/mol. The van der Waals surface area contributed by atoms with Gasteiger partial charge in [-0.2, -0.15) is 0 Å². The van der Waals surface area contributed by atoms with Gasteiger partial charge in [-0.3, -0.25) is 10.1 Å². The van der Waals surface area contributed by atoms with Crippen molar-refractivity contribution in [3.05, 3.63) is 46.0 Å². The number of benzene rings is 2. The summed E-state index contributed by atoms with van der Waals surface area (Å²) in [6.07, 6.45) is -0.328. The van der Waals surface area contributed by atoms with E-state index in [1.807, 2.05) is 26.0 Å². The van der Waals surface area contributed by atoms with Crippen molar-refractivity contribution in [1.82, 2.24) is 0 Å². The lowest BCUT2D eigenvalue weighted by Gasteiger charge is -2.10. The number of nitrogens with zero attached hydrogens (tertiary/aromatic N) is 1. The van der Waals surface area contributed by atoms with Crippen LogP contribution in [0.4, 0.5) is 5.69 Å². The molecule has 0 saturated carbocycles. The van der Waals surface area contributed by atoms with E-state index >= 15 is 0 Å². The van der Waals surface area contributed by atoms with E-state index in [1.54, 1.807) is 19.1 Å². The van der Waals surface area contributed by atoms with Gasteiger partial charge in [0.25, 0.3) is 5.69 Å². The molecule has 0 radical (unpaired) electrons. The molecule has 3 rings (SSSR count). The topological polar surface area (TPSA) is 74.7 Å². The fourth-order valence-corrected chi connectivity index (χ4v) is 2.76. The monoisotopic (exact) mass is 329 g/mol. The molecule has 1 atom stereocenters. The Labute approximate surface area is 139 Å². The molecule has 0 spiro atoms. The number of furan rings is 1. The van der Waals surface area contributed by atoms with Crippen molar-refractivity contribution in [1.29, 1.82) is 0 Å². The van der Waals surface area contributed by atoms with Crippen molar-refractivity contribution in [3.8, 4) is 5.75 Å². The highest BCUT2D eigenvalue weighted by atomic mass is 16.6. The van der Waals surface area contributed by atoms with Crippen molar-refractivity contribution in [2.45, 2.75) is 33.0 Å². The summed E-state index contributed by atoms with van der Waals surface area (Å²) in [5, 5.41) is 13.1. The molecule has 126 valence electrons. The van der Waals surface area contributed by atoms with Crippen LogP contribution in [0.2, 0.25) is 0 Å². The minimum atomic E-state index is -0.412. The molecule has 0 fully saturated rings. The molecule has 6 heteroatoms. The van der Waals surface area contributed by atoms with Crippen LogP contribution in [-0.2, 0) is 4.74 Å². The molecule has 0 aliphatic carbocycles. The molecule has 0 amide bonds. The Balaban J connectivity index is 2.23. The molecule has 0 aliphatic rings. The summed E-state index contributed by atoms with van der Waals surface area (Å²) in [7, 11) is 1.53. The lowest BCUT2D eigenvalue weighted by Crippen LogP contribution is -2.04. The van der Waals surface area contributed by atoms with Crippen LogP contribution in [0.15, 0.2) is 34.7 Å². The summed E-state index contributed by atoms with van der Waals surface area (Å²) >= 11 is 0. The SMILES string of the molecule is COC(C)c1cc2c(cc1[N+](=O)[O-])oc1cc(OC(C)C)ccc12. The second kappa shape index (κ2) is 6.13. The molecule has 1 heterocycles. The maximum Gasteiger partial charge on any atom is 0.278 e. The van der Waals surface area contributed by atoms with E-state index in [-0.39, 0.29) is 17.9 Å². The summed E-state index contributed by atoms with van der Waals surface area (Å²) in [6, 6.07) is 8.82.